The minimum absolute atomic E-state index is 0.0239. The number of carbonyl (C=O) groups excluding carboxylic acids is 1. The quantitative estimate of drug-likeness (QED) is 0.216. The fraction of sp³-hybridized carbons (Fsp3) is 0.960. The van der Waals surface area contributed by atoms with Gasteiger partial charge in [-0.15, -0.1) is 0 Å². The summed E-state index contributed by atoms with van der Waals surface area (Å²) in [4.78, 5) is 12.2. The Balaban J connectivity index is 1.42. The fourth-order valence-electron chi connectivity index (χ4n) is 4.52. The summed E-state index contributed by atoms with van der Waals surface area (Å²) >= 11 is 0. The van der Waals surface area contributed by atoms with E-state index in [0.29, 0.717) is 6.42 Å². The molecule has 0 radical (unpaired) electrons. The van der Waals surface area contributed by atoms with Crippen LogP contribution in [0.5, 0.6) is 0 Å². The van der Waals surface area contributed by atoms with Crippen molar-refractivity contribution in [3.05, 3.63) is 0 Å². The third kappa shape index (κ3) is 9.26. The molecule has 7 heteroatoms. The Hall–Kier alpha value is -0.730. The highest BCUT2D eigenvalue weighted by Gasteiger charge is 2.57. The molecule has 7 nitrogen and oxygen atoms in total. The molecule has 2 N–H and O–H groups in total. The molecular weight excluding hydrogens is 412 g/mol. The van der Waals surface area contributed by atoms with Gasteiger partial charge in [0, 0.05) is 6.42 Å². The van der Waals surface area contributed by atoms with E-state index in [0.717, 1.165) is 19.3 Å². The highest BCUT2D eigenvalue weighted by Crippen LogP contribution is 2.36. The number of ether oxygens (including phenoxy) is 4. The molecule has 2 saturated heterocycles. The van der Waals surface area contributed by atoms with E-state index in [4.69, 9.17) is 18.9 Å². The molecule has 0 aromatic carbocycles. The highest BCUT2D eigenvalue weighted by molar-refractivity contribution is 5.69. The molecule has 0 unspecified atom stereocenters. The maximum atomic E-state index is 12.2. The van der Waals surface area contributed by atoms with E-state index in [1.807, 2.05) is 0 Å². The summed E-state index contributed by atoms with van der Waals surface area (Å²) in [7, 11) is 0. The van der Waals surface area contributed by atoms with Gasteiger partial charge >= 0.3 is 5.97 Å². The van der Waals surface area contributed by atoms with Crippen LogP contribution < -0.4 is 0 Å². The first-order valence-corrected chi connectivity index (χ1v) is 13.0. The molecule has 0 bridgehead atoms. The molecule has 2 rings (SSSR count). The van der Waals surface area contributed by atoms with Crippen molar-refractivity contribution < 1.29 is 34.0 Å². The van der Waals surface area contributed by atoms with E-state index in [2.05, 4.69) is 6.92 Å². The van der Waals surface area contributed by atoms with Crippen LogP contribution in [0.25, 0.3) is 0 Å². The van der Waals surface area contributed by atoms with Gasteiger partial charge in [0.2, 0.25) is 5.79 Å². The average molecular weight is 459 g/mol. The summed E-state index contributed by atoms with van der Waals surface area (Å²) in [5, 5.41) is 19.6. The number of esters is 1. The van der Waals surface area contributed by atoms with Gasteiger partial charge in [0.1, 0.15) is 12.7 Å². The van der Waals surface area contributed by atoms with Gasteiger partial charge in [-0.05, 0) is 6.42 Å². The Morgan fingerprint density at radius 3 is 1.81 bits per heavy atom. The van der Waals surface area contributed by atoms with Gasteiger partial charge in [-0.2, -0.15) is 0 Å². The van der Waals surface area contributed by atoms with E-state index in [1.54, 1.807) is 0 Å². The summed E-state index contributed by atoms with van der Waals surface area (Å²) < 4.78 is 21.5. The van der Waals surface area contributed by atoms with Gasteiger partial charge < -0.3 is 29.2 Å². The number of unbranched alkanes of at least 4 members (excludes halogenated alkanes) is 14. The van der Waals surface area contributed by atoms with Crippen molar-refractivity contribution in [3.8, 4) is 0 Å². The predicted octanol–water partition coefficient (Wildman–Crippen LogP) is 4.61. The molecule has 0 aliphatic carbocycles. The Bertz CT molecular complexity index is 489. The topological polar surface area (TPSA) is 94.5 Å². The van der Waals surface area contributed by atoms with Crippen LogP contribution in [0.15, 0.2) is 0 Å². The molecule has 3 atom stereocenters. The van der Waals surface area contributed by atoms with Crippen molar-refractivity contribution in [3.63, 3.8) is 0 Å². The monoisotopic (exact) mass is 458 g/mol. The Kier molecular flexibility index (Phi) is 13.7. The number of hydrogen-bond acceptors (Lipinski definition) is 7. The summed E-state index contributed by atoms with van der Waals surface area (Å²) in [6, 6.07) is 0. The fourth-order valence-corrected chi connectivity index (χ4v) is 4.52. The number of aliphatic hydroxyl groups is 2. The van der Waals surface area contributed by atoms with Crippen LogP contribution in [0.1, 0.15) is 110 Å². The Labute approximate surface area is 194 Å². The van der Waals surface area contributed by atoms with E-state index in [-0.39, 0.29) is 19.4 Å². The van der Waals surface area contributed by atoms with Crippen molar-refractivity contribution in [2.24, 2.45) is 0 Å². The van der Waals surface area contributed by atoms with Gasteiger partial charge in [-0.1, -0.05) is 96.8 Å². The second-order valence-corrected chi connectivity index (χ2v) is 9.35. The van der Waals surface area contributed by atoms with Crippen LogP contribution in [0.4, 0.5) is 0 Å². The third-order valence-electron chi connectivity index (χ3n) is 6.64. The minimum atomic E-state index is -1.34. The molecular formula is C25H46O7. The zero-order chi connectivity index (χ0) is 23.1. The summed E-state index contributed by atoms with van der Waals surface area (Å²) in [5.74, 6) is -1.69. The summed E-state index contributed by atoms with van der Waals surface area (Å²) in [6.07, 6.45) is 16.8. The van der Waals surface area contributed by atoms with Crippen LogP contribution in [-0.2, 0) is 23.7 Å². The third-order valence-corrected chi connectivity index (χ3v) is 6.64. The number of rotatable bonds is 19. The summed E-state index contributed by atoms with van der Waals surface area (Å²) in [6.45, 7) is 1.92. The van der Waals surface area contributed by atoms with Crippen LogP contribution >= 0.6 is 0 Å². The zero-order valence-electron chi connectivity index (χ0n) is 20.1. The van der Waals surface area contributed by atoms with Crippen LogP contribution in [-0.4, -0.2) is 60.3 Å². The van der Waals surface area contributed by atoms with Gasteiger partial charge in [-0.25, -0.2) is 0 Å². The Morgan fingerprint density at radius 2 is 1.38 bits per heavy atom. The first-order chi connectivity index (χ1) is 15.6. The maximum Gasteiger partial charge on any atom is 0.306 e. The lowest BCUT2D eigenvalue weighted by atomic mass is 10.0. The minimum Gasteiger partial charge on any atom is -0.456 e. The van der Waals surface area contributed by atoms with Gasteiger partial charge in [0.25, 0.3) is 0 Å². The van der Waals surface area contributed by atoms with Gasteiger partial charge in [0.15, 0.2) is 19.0 Å². The van der Waals surface area contributed by atoms with Crippen LogP contribution in [0.3, 0.4) is 0 Å². The van der Waals surface area contributed by atoms with E-state index in [1.165, 1.54) is 77.0 Å². The molecule has 0 amide bonds. The first-order valence-electron chi connectivity index (χ1n) is 13.0. The molecule has 0 aromatic rings. The molecule has 0 spiro atoms. The number of hydrogen-bond donors (Lipinski definition) is 2. The van der Waals surface area contributed by atoms with Crippen molar-refractivity contribution >= 4 is 5.97 Å². The second-order valence-electron chi connectivity index (χ2n) is 9.35. The largest absolute Gasteiger partial charge is 0.456 e. The smallest absolute Gasteiger partial charge is 0.306 e. The van der Waals surface area contributed by atoms with E-state index in [9.17, 15) is 15.0 Å². The SMILES string of the molecule is CCCCCCCCCCCCCCCCCC(=O)O[C@@H]1[C@@H](O)CO[C@@H]1C1(CO)OCO1. The summed E-state index contributed by atoms with van der Waals surface area (Å²) in [5.41, 5.74) is 0. The van der Waals surface area contributed by atoms with Crippen LogP contribution in [0.2, 0.25) is 0 Å². The molecule has 0 saturated carbocycles. The molecule has 2 aliphatic heterocycles. The van der Waals surface area contributed by atoms with Gasteiger partial charge in [-0.3, -0.25) is 4.79 Å². The van der Waals surface area contributed by atoms with Crippen molar-refractivity contribution in [2.75, 3.05) is 20.0 Å². The van der Waals surface area contributed by atoms with E-state index >= 15 is 0 Å². The molecule has 188 valence electrons. The molecule has 2 heterocycles. The van der Waals surface area contributed by atoms with Crippen molar-refractivity contribution in [2.45, 2.75) is 134 Å². The standard InChI is InChI=1S/C25H46O7/c1-2-3-4-5-6-7-8-9-10-11-12-13-14-15-16-17-22(28)32-23-21(27)18-29-24(23)25(19-26)30-20-31-25/h21,23-24,26-27H,2-20H2,1H3/t21-,23+,24-/m0/s1. The number of aliphatic hydroxyl groups excluding tert-OH is 2. The van der Waals surface area contributed by atoms with Crippen molar-refractivity contribution in [1.29, 1.82) is 0 Å². The average Bonchev–Trinajstić information content (AvgIpc) is 3.11. The molecule has 2 aliphatic rings. The first kappa shape index (κ1) is 27.5. The molecule has 0 aromatic heterocycles. The Morgan fingerprint density at radius 1 is 0.875 bits per heavy atom. The lowest BCUT2D eigenvalue weighted by Crippen LogP contribution is -2.62. The second kappa shape index (κ2) is 16.0. The normalized spacial score (nSPS) is 24.4. The van der Waals surface area contributed by atoms with Crippen molar-refractivity contribution in [1.82, 2.24) is 0 Å². The molecule has 2 fully saturated rings. The number of carbonyl (C=O) groups is 1. The molecule has 32 heavy (non-hydrogen) atoms. The zero-order valence-corrected chi connectivity index (χ0v) is 20.1. The lowest BCUT2D eigenvalue weighted by Gasteiger charge is -2.44. The maximum absolute atomic E-state index is 12.2. The van der Waals surface area contributed by atoms with Gasteiger partial charge in [0.05, 0.1) is 6.61 Å². The lowest BCUT2D eigenvalue weighted by molar-refractivity contribution is -0.438. The predicted molar refractivity (Wildman–Crippen MR) is 122 cm³/mol. The highest BCUT2D eigenvalue weighted by atomic mass is 16.9. The van der Waals surface area contributed by atoms with E-state index < -0.39 is 30.7 Å². The van der Waals surface area contributed by atoms with Crippen LogP contribution in [0, 0.1) is 0 Å².